The van der Waals surface area contributed by atoms with Gasteiger partial charge in [0.2, 0.25) is 0 Å². The molecule has 128 valence electrons. The standard InChI is InChI=1S/C19H28O4/c1-12-11-13(20)18(12)9-8-17(2)14(6-7-19(17)16(18)23-19)22-15-5-3-4-10-21-15/h12,14-16H,3-11H2,1-2H3. The molecular weight excluding hydrogens is 292 g/mol. The van der Waals surface area contributed by atoms with Gasteiger partial charge in [0.1, 0.15) is 17.5 Å². The highest BCUT2D eigenvalue weighted by Crippen LogP contribution is 2.75. The minimum atomic E-state index is -0.157. The summed E-state index contributed by atoms with van der Waals surface area (Å²) in [5.41, 5.74) is -0.191. The van der Waals surface area contributed by atoms with Crippen molar-refractivity contribution in [3.05, 3.63) is 0 Å². The van der Waals surface area contributed by atoms with E-state index in [0.717, 1.165) is 51.6 Å². The van der Waals surface area contributed by atoms with Crippen molar-refractivity contribution >= 4 is 5.78 Å². The molecule has 2 saturated heterocycles. The molecule has 0 bridgehead atoms. The maximum absolute atomic E-state index is 12.4. The number of epoxide rings is 1. The molecule has 0 aromatic carbocycles. The maximum atomic E-state index is 12.4. The fourth-order valence-electron chi connectivity index (χ4n) is 6.32. The zero-order valence-electron chi connectivity index (χ0n) is 14.3. The van der Waals surface area contributed by atoms with Crippen LogP contribution in [0.2, 0.25) is 0 Å². The van der Waals surface area contributed by atoms with Crippen molar-refractivity contribution in [3.8, 4) is 0 Å². The molecule has 4 heteroatoms. The second-order valence-corrected chi connectivity index (χ2v) is 8.83. The van der Waals surface area contributed by atoms with Gasteiger partial charge in [-0.05, 0) is 50.9 Å². The van der Waals surface area contributed by atoms with Crippen LogP contribution >= 0.6 is 0 Å². The van der Waals surface area contributed by atoms with Gasteiger partial charge in [-0.3, -0.25) is 4.79 Å². The molecule has 0 amide bonds. The van der Waals surface area contributed by atoms with Gasteiger partial charge in [0, 0.05) is 18.4 Å². The lowest BCUT2D eigenvalue weighted by Crippen LogP contribution is -2.60. The van der Waals surface area contributed by atoms with Gasteiger partial charge < -0.3 is 14.2 Å². The highest BCUT2D eigenvalue weighted by Gasteiger charge is 2.83. The summed E-state index contributed by atoms with van der Waals surface area (Å²) >= 11 is 0. The minimum absolute atomic E-state index is 0.0296. The second kappa shape index (κ2) is 4.59. The van der Waals surface area contributed by atoms with Gasteiger partial charge in [0.05, 0.1) is 11.5 Å². The summed E-state index contributed by atoms with van der Waals surface area (Å²) in [6, 6.07) is 0. The Bertz CT molecular complexity index is 541. The van der Waals surface area contributed by atoms with Crippen LogP contribution in [0.15, 0.2) is 0 Å². The fraction of sp³-hybridized carbons (Fsp3) is 0.947. The van der Waals surface area contributed by atoms with Crippen molar-refractivity contribution in [2.24, 2.45) is 16.7 Å². The Morgan fingerprint density at radius 2 is 2.04 bits per heavy atom. The lowest BCUT2D eigenvalue weighted by atomic mass is 9.48. The molecule has 5 fully saturated rings. The summed E-state index contributed by atoms with van der Waals surface area (Å²) in [5, 5.41) is 0. The van der Waals surface area contributed by atoms with Crippen LogP contribution in [0.1, 0.15) is 65.2 Å². The van der Waals surface area contributed by atoms with Crippen molar-refractivity contribution in [3.63, 3.8) is 0 Å². The SMILES string of the molecule is CC1CC(=O)C12CCC1(C)C(OC3CCCCO3)CCC13OC23. The maximum Gasteiger partial charge on any atom is 0.157 e. The van der Waals surface area contributed by atoms with Crippen LogP contribution in [0, 0.1) is 16.7 Å². The predicted octanol–water partition coefficient (Wildman–Crippen LogP) is 3.23. The molecule has 2 aliphatic heterocycles. The van der Waals surface area contributed by atoms with Crippen molar-refractivity contribution in [1.82, 2.24) is 0 Å². The van der Waals surface area contributed by atoms with Gasteiger partial charge in [-0.25, -0.2) is 0 Å². The number of carbonyl (C=O) groups excluding carboxylic acids is 1. The van der Waals surface area contributed by atoms with Gasteiger partial charge >= 0.3 is 0 Å². The van der Waals surface area contributed by atoms with Gasteiger partial charge in [-0.2, -0.15) is 0 Å². The van der Waals surface area contributed by atoms with E-state index >= 15 is 0 Å². The molecule has 5 aliphatic rings. The Morgan fingerprint density at radius 1 is 1.17 bits per heavy atom. The van der Waals surface area contributed by atoms with E-state index in [1.165, 1.54) is 6.42 Å². The molecule has 0 N–H and O–H groups in total. The average Bonchev–Trinajstić information content (AvgIpc) is 3.23. The van der Waals surface area contributed by atoms with Crippen molar-refractivity contribution in [1.29, 1.82) is 0 Å². The van der Waals surface area contributed by atoms with Crippen molar-refractivity contribution in [2.45, 2.75) is 89.3 Å². The average molecular weight is 320 g/mol. The Balaban J connectivity index is 1.37. The lowest BCUT2D eigenvalue weighted by molar-refractivity contribution is -0.212. The van der Waals surface area contributed by atoms with E-state index in [-0.39, 0.29) is 34.9 Å². The minimum Gasteiger partial charge on any atom is -0.364 e. The zero-order valence-corrected chi connectivity index (χ0v) is 14.3. The Kier molecular flexibility index (Phi) is 2.96. The third-order valence-electron chi connectivity index (χ3n) is 8.02. The van der Waals surface area contributed by atoms with Crippen LogP contribution in [0.25, 0.3) is 0 Å². The van der Waals surface area contributed by atoms with Crippen LogP contribution in [0.3, 0.4) is 0 Å². The zero-order chi connectivity index (χ0) is 15.9. The molecular formula is C19H28O4. The first-order valence-electron chi connectivity index (χ1n) is 9.51. The van der Waals surface area contributed by atoms with Gasteiger partial charge in [-0.1, -0.05) is 13.8 Å². The summed E-state index contributed by atoms with van der Waals surface area (Å²) in [7, 11) is 0. The largest absolute Gasteiger partial charge is 0.364 e. The molecule has 2 heterocycles. The first-order chi connectivity index (χ1) is 11.0. The summed E-state index contributed by atoms with van der Waals surface area (Å²) < 4.78 is 18.6. The number of rotatable bonds is 2. The Labute approximate surface area is 138 Å². The summed E-state index contributed by atoms with van der Waals surface area (Å²) in [6.45, 7) is 5.40. The first kappa shape index (κ1) is 14.9. The van der Waals surface area contributed by atoms with E-state index < -0.39 is 0 Å². The Morgan fingerprint density at radius 3 is 2.74 bits per heavy atom. The van der Waals surface area contributed by atoms with E-state index in [2.05, 4.69) is 13.8 Å². The normalized spacial score (nSPS) is 57.7. The van der Waals surface area contributed by atoms with Crippen LogP contribution in [-0.2, 0) is 19.0 Å². The number of ketones is 1. The van der Waals surface area contributed by atoms with E-state index in [0.29, 0.717) is 11.7 Å². The van der Waals surface area contributed by atoms with Gasteiger partial charge in [0.15, 0.2) is 6.29 Å². The quantitative estimate of drug-likeness (QED) is 0.733. The smallest absolute Gasteiger partial charge is 0.157 e. The summed E-state index contributed by atoms with van der Waals surface area (Å²) in [6.07, 6.45) is 8.61. The summed E-state index contributed by atoms with van der Waals surface area (Å²) in [4.78, 5) is 12.4. The third kappa shape index (κ3) is 1.65. The Hall–Kier alpha value is -0.450. The second-order valence-electron chi connectivity index (χ2n) is 8.83. The molecule has 3 aliphatic carbocycles. The summed E-state index contributed by atoms with van der Waals surface area (Å²) in [5.74, 6) is 0.944. The molecule has 0 aromatic heterocycles. The first-order valence-corrected chi connectivity index (χ1v) is 9.51. The van der Waals surface area contributed by atoms with Crippen molar-refractivity contribution in [2.75, 3.05) is 6.61 Å². The molecule has 3 saturated carbocycles. The number of fused-ring (bicyclic) bond motifs is 1. The highest BCUT2D eigenvalue weighted by molar-refractivity contribution is 5.93. The molecule has 4 nitrogen and oxygen atoms in total. The van der Waals surface area contributed by atoms with Crippen molar-refractivity contribution < 1.29 is 19.0 Å². The van der Waals surface area contributed by atoms with Gasteiger partial charge in [-0.15, -0.1) is 0 Å². The number of carbonyl (C=O) groups is 1. The molecule has 0 aromatic rings. The van der Waals surface area contributed by atoms with E-state index in [1.54, 1.807) is 0 Å². The molecule has 0 radical (unpaired) electrons. The number of ether oxygens (including phenoxy) is 3. The molecule has 7 unspecified atom stereocenters. The molecule has 2 spiro atoms. The fourth-order valence-corrected chi connectivity index (χ4v) is 6.32. The van der Waals surface area contributed by atoms with Crippen LogP contribution in [-0.4, -0.2) is 36.5 Å². The van der Waals surface area contributed by atoms with Crippen LogP contribution in [0.5, 0.6) is 0 Å². The molecule has 5 rings (SSSR count). The predicted molar refractivity (Wildman–Crippen MR) is 83.9 cm³/mol. The lowest BCUT2D eigenvalue weighted by Gasteiger charge is -2.52. The van der Waals surface area contributed by atoms with Crippen LogP contribution < -0.4 is 0 Å². The van der Waals surface area contributed by atoms with E-state index in [9.17, 15) is 4.79 Å². The monoisotopic (exact) mass is 320 g/mol. The number of hydrogen-bond donors (Lipinski definition) is 0. The number of hydrogen-bond acceptors (Lipinski definition) is 4. The topological polar surface area (TPSA) is 48.1 Å². The highest BCUT2D eigenvalue weighted by atomic mass is 16.7. The number of Topliss-reactive ketones (excluding diaryl/α,β-unsaturated/α-hetero) is 1. The third-order valence-corrected chi connectivity index (χ3v) is 8.02. The molecule has 23 heavy (non-hydrogen) atoms. The van der Waals surface area contributed by atoms with E-state index in [4.69, 9.17) is 14.2 Å². The molecule has 7 atom stereocenters. The van der Waals surface area contributed by atoms with Crippen LogP contribution in [0.4, 0.5) is 0 Å². The van der Waals surface area contributed by atoms with Gasteiger partial charge in [0.25, 0.3) is 0 Å². The van der Waals surface area contributed by atoms with E-state index in [1.807, 2.05) is 0 Å².